The number of imidazole rings is 1. The van der Waals surface area contributed by atoms with E-state index in [0.717, 1.165) is 42.2 Å². The lowest BCUT2D eigenvalue weighted by Crippen LogP contribution is -3.00. The summed E-state index contributed by atoms with van der Waals surface area (Å²) >= 11 is 0. The number of anilines is 1. The molecule has 0 spiro atoms. The van der Waals surface area contributed by atoms with Crippen LogP contribution in [0.15, 0.2) is 54.7 Å². The minimum atomic E-state index is -0.447. The van der Waals surface area contributed by atoms with Crippen molar-refractivity contribution in [3.8, 4) is 17.0 Å². The van der Waals surface area contributed by atoms with Gasteiger partial charge in [0.05, 0.1) is 37.9 Å². The van der Waals surface area contributed by atoms with Crippen LogP contribution in [0.25, 0.3) is 11.3 Å². The summed E-state index contributed by atoms with van der Waals surface area (Å²) in [5.74, 6) is 1.30. The number of para-hydroxylation sites is 1. The van der Waals surface area contributed by atoms with Gasteiger partial charge in [0.1, 0.15) is 11.9 Å². The molecule has 0 bridgehead atoms. The molecule has 0 fully saturated rings. The number of halogens is 1. The Morgan fingerprint density at radius 3 is 2.59 bits per heavy atom. The molecule has 0 atom stereocenters. The molecule has 0 saturated carbocycles. The maximum atomic E-state index is 12.8. The molecule has 8 heteroatoms. The molecule has 1 aliphatic rings. The van der Waals surface area contributed by atoms with E-state index in [4.69, 9.17) is 9.47 Å². The van der Waals surface area contributed by atoms with Gasteiger partial charge in [0.2, 0.25) is 0 Å². The summed E-state index contributed by atoms with van der Waals surface area (Å²) in [6.07, 6.45) is 3.99. The van der Waals surface area contributed by atoms with Crippen molar-refractivity contribution in [3.05, 3.63) is 66.1 Å². The number of carbonyl (C=O) groups is 2. The number of benzene rings is 2. The fourth-order valence-corrected chi connectivity index (χ4v) is 3.96. The van der Waals surface area contributed by atoms with Gasteiger partial charge in [-0.15, -0.1) is 0 Å². The Balaban J connectivity index is 0.00000289. The molecule has 0 saturated heterocycles. The van der Waals surface area contributed by atoms with Crippen molar-refractivity contribution in [1.82, 2.24) is 4.57 Å². The minimum Gasteiger partial charge on any atom is -1.00 e. The van der Waals surface area contributed by atoms with Crippen LogP contribution in [0.2, 0.25) is 0 Å². The van der Waals surface area contributed by atoms with Crippen LogP contribution in [-0.4, -0.2) is 30.2 Å². The summed E-state index contributed by atoms with van der Waals surface area (Å²) in [7, 11) is 1.65. The number of ether oxygens (including phenoxy) is 2. The lowest BCUT2D eigenvalue weighted by molar-refractivity contribution is -0.690. The molecular weight excluding hydrogens is 430 g/mol. The van der Waals surface area contributed by atoms with Crippen molar-refractivity contribution in [2.75, 3.05) is 19.0 Å². The molecule has 3 aromatic rings. The van der Waals surface area contributed by atoms with E-state index < -0.39 is 5.97 Å². The molecule has 7 nitrogen and oxygen atoms in total. The summed E-state index contributed by atoms with van der Waals surface area (Å²) in [5.41, 5.74) is 2.96. The standard InChI is InChI=1S/C24H25N3O4.ClH/c1-3-31-24(29)19-7-4-5-8-20(19)25-22(28)16-26-15-21(27-14-6-9-23(26)27)17-10-12-18(30-2)13-11-17;/h4-5,7-8,10-13,15H,3,6,9,14,16H2,1-2H3;1H. The maximum Gasteiger partial charge on any atom is 0.340 e. The zero-order chi connectivity index (χ0) is 21.8. The third kappa shape index (κ3) is 4.78. The number of hydrogen-bond acceptors (Lipinski definition) is 4. The van der Waals surface area contributed by atoms with Crippen LogP contribution in [0.5, 0.6) is 5.75 Å². The Morgan fingerprint density at radius 2 is 1.88 bits per heavy atom. The SMILES string of the molecule is CCOC(=O)c1ccccc1NC(=O)C[n+]1cc(-c2ccc(OC)cc2)n2c1CCC2.[Cl-]. The zero-order valence-electron chi connectivity index (χ0n) is 18.1. The predicted molar refractivity (Wildman–Crippen MR) is 116 cm³/mol. The van der Waals surface area contributed by atoms with Crippen LogP contribution < -0.4 is 27.0 Å². The summed E-state index contributed by atoms with van der Waals surface area (Å²) in [5, 5.41) is 2.87. The van der Waals surface area contributed by atoms with E-state index >= 15 is 0 Å². The number of esters is 1. The van der Waals surface area contributed by atoms with Gasteiger partial charge in [0.25, 0.3) is 11.7 Å². The summed E-state index contributed by atoms with van der Waals surface area (Å²) in [6.45, 7) is 3.13. The van der Waals surface area contributed by atoms with Gasteiger partial charge in [-0.2, -0.15) is 0 Å². The number of carbonyl (C=O) groups excluding carboxylic acids is 2. The van der Waals surface area contributed by atoms with Crippen molar-refractivity contribution in [1.29, 1.82) is 0 Å². The van der Waals surface area contributed by atoms with Crippen molar-refractivity contribution in [2.24, 2.45) is 0 Å². The Hall–Kier alpha value is -3.32. The average Bonchev–Trinajstić information content (AvgIpc) is 3.38. The number of amides is 1. The first-order valence-electron chi connectivity index (χ1n) is 10.4. The third-order valence-corrected chi connectivity index (χ3v) is 5.39. The summed E-state index contributed by atoms with van der Waals surface area (Å²) < 4.78 is 14.6. The molecule has 1 amide bonds. The fourth-order valence-electron chi connectivity index (χ4n) is 3.96. The molecule has 32 heavy (non-hydrogen) atoms. The highest BCUT2D eigenvalue weighted by Gasteiger charge is 2.29. The lowest BCUT2D eigenvalue weighted by Gasteiger charge is -2.09. The summed E-state index contributed by atoms with van der Waals surface area (Å²) in [4.78, 5) is 25.0. The highest BCUT2D eigenvalue weighted by atomic mass is 35.5. The van der Waals surface area contributed by atoms with Gasteiger partial charge >= 0.3 is 5.97 Å². The summed E-state index contributed by atoms with van der Waals surface area (Å²) in [6, 6.07) is 14.8. The largest absolute Gasteiger partial charge is 1.00 e. The molecule has 1 aliphatic heterocycles. The molecule has 0 aliphatic carbocycles. The van der Waals surface area contributed by atoms with Crippen molar-refractivity contribution in [2.45, 2.75) is 32.9 Å². The van der Waals surface area contributed by atoms with E-state index in [2.05, 4.69) is 9.88 Å². The first-order chi connectivity index (χ1) is 15.1. The van der Waals surface area contributed by atoms with Gasteiger partial charge in [0.15, 0.2) is 12.2 Å². The van der Waals surface area contributed by atoms with Gasteiger partial charge < -0.3 is 27.2 Å². The van der Waals surface area contributed by atoms with Crippen molar-refractivity contribution >= 4 is 17.6 Å². The second-order valence-corrected chi connectivity index (χ2v) is 7.36. The molecule has 1 aromatic heterocycles. The van der Waals surface area contributed by atoms with Crippen molar-refractivity contribution < 1.29 is 36.0 Å². The third-order valence-electron chi connectivity index (χ3n) is 5.39. The number of nitrogens with one attached hydrogen (secondary N) is 1. The first kappa shape index (κ1) is 23.3. The molecule has 0 radical (unpaired) electrons. The van der Waals surface area contributed by atoms with Crippen LogP contribution in [-0.2, 0) is 29.0 Å². The van der Waals surface area contributed by atoms with Crippen LogP contribution >= 0.6 is 0 Å². The Bertz CT molecular complexity index is 1110. The van der Waals surface area contributed by atoms with Gasteiger partial charge in [-0.25, -0.2) is 13.9 Å². The van der Waals surface area contributed by atoms with E-state index in [1.807, 2.05) is 35.0 Å². The number of aromatic nitrogens is 2. The second-order valence-electron chi connectivity index (χ2n) is 7.36. The van der Waals surface area contributed by atoms with Gasteiger partial charge in [0, 0.05) is 5.56 Å². The lowest BCUT2D eigenvalue weighted by atomic mass is 10.1. The van der Waals surface area contributed by atoms with Gasteiger partial charge in [-0.05, 0) is 49.7 Å². The molecule has 0 unspecified atom stereocenters. The van der Waals surface area contributed by atoms with E-state index in [1.54, 1.807) is 38.3 Å². The van der Waals surface area contributed by atoms with E-state index in [0.29, 0.717) is 11.3 Å². The fraction of sp³-hybridized carbons (Fsp3) is 0.292. The molecule has 4 rings (SSSR count). The molecule has 2 aromatic carbocycles. The average molecular weight is 456 g/mol. The number of rotatable bonds is 7. The van der Waals surface area contributed by atoms with E-state index in [-0.39, 0.29) is 31.5 Å². The van der Waals surface area contributed by atoms with E-state index in [9.17, 15) is 9.59 Å². The topological polar surface area (TPSA) is 73.4 Å². The monoisotopic (exact) mass is 455 g/mol. The smallest absolute Gasteiger partial charge is 0.340 e. The quantitative estimate of drug-likeness (QED) is 0.408. The Labute approximate surface area is 193 Å². The molecule has 1 N–H and O–H groups in total. The van der Waals surface area contributed by atoms with Crippen LogP contribution in [0.1, 0.15) is 29.5 Å². The van der Waals surface area contributed by atoms with Crippen LogP contribution in [0.3, 0.4) is 0 Å². The Kier molecular flexibility index (Phi) is 7.53. The predicted octanol–water partition coefficient (Wildman–Crippen LogP) is 0.217. The van der Waals surface area contributed by atoms with Crippen LogP contribution in [0.4, 0.5) is 5.69 Å². The number of methoxy groups -OCH3 is 1. The first-order valence-corrected chi connectivity index (χ1v) is 10.4. The van der Waals surface area contributed by atoms with Crippen LogP contribution in [0, 0.1) is 0 Å². The molecular formula is C24H26ClN3O4. The number of nitrogens with zero attached hydrogens (tertiary/aromatic N) is 2. The Morgan fingerprint density at radius 1 is 1.12 bits per heavy atom. The normalized spacial score (nSPS) is 11.9. The highest BCUT2D eigenvalue weighted by Crippen LogP contribution is 2.26. The number of hydrogen-bond donors (Lipinski definition) is 1. The second kappa shape index (κ2) is 10.3. The molecule has 2 heterocycles. The van der Waals surface area contributed by atoms with Crippen molar-refractivity contribution in [3.63, 3.8) is 0 Å². The van der Waals surface area contributed by atoms with Gasteiger partial charge in [-0.3, -0.25) is 4.79 Å². The van der Waals surface area contributed by atoms with Gasteiger partial charge in [-0.1, -0.05) is 12.1 Å². The minimum absolute atomic E-state index is 0. The number of fused-ring (bicyclic) bond motifs is 1. The zero-order valence-corrected chi connectivity index (χ0v) is 18.9. The molecule has 168 valence electrons. The maximum absolute atomic E-state index is 12.8. The highest BCUT2D eigenvalue weighted by molar-refractivity contribution is 6.00. The van der Waals surface area contributed by atoms with E-state index in [1.165, 1.54) is 0 Å².